The maximum atomic E-state index is 13.6. The summed E-state index contributed by atoms with van der Waals surface area (Å²) >= 11 is 1.61. The molecule has 1 aliphatic rings. The van der Waals surface area contributed by atoms with Crippen molar-refractivity contribution in [3.63, 3.8) is 0 Å². The number of carbonyl (C=O) groups excluding carboxylic acids is 3. The lowest BCUT2D eigenvalue weighted by Crippen LogP contribution is -2.48. The maximum Gasteiger partial charge on any atom is 0.417 e. The van der Waals surface area contributed by atoms with Crippen LogP contribution >= 0.6 is 11.3 Å². The van der Waals surface area contributed by atoms with E-state index < -0.39 is 30.3 Å². The smallest absolute Gasteiger partial charge is 0.417 e. The highest BCUT2D eigenvalue weighted by Gasteiger charge is 2.43. The minimum atomic E-state index is -1.28. The molecule has 1 aromatic heterocycles. The number of unbranched alkanes of at least 4 members (excludes halogenated alkanes) is 4. The average molecular weight is 621 g/mol. The third-order valence-electron chi connectivity index (χ3n) is 7.94. The van der Waals surface area contributed by atoms with Crippen LogP contribution in [-0.4, -0.2) is 65.2 Å². The Hall–Kier alpha value is -3.53. The molecule has 0 radical (unpaired) electrons. The third kappa shape index (κ3) is 8.77. The molecule has 1 saturated heterocycles. The summed E-state index contributed by atoms with van der Waals surface area (Å²) in [7, 11) is 1.85. The van der Waals surface area contributed by atoms with Crippen LogP contribution in [0.5, 0.6) is 0 Å². The number of imide groups is 1. The SMILES string of the molecule is CCCCCCCC(=O)N(C)Cc1cc(-c2ccc([C@H](O)[C@H](OCC)C(=O)N3C(=O)OCC3Cc3ccccc3)cc2)cs1. The van der Waals surface area contributed by atoms with E-state index in [4.69, 9.17) is 9.47 Å². The van der Waals surface area contributed by atoms with Gasteiger partial charge in [0.1, 0.15) is 12.7 Å². The molecular formula is C35H44N2O6S. The molecule has 1 aliphatic heterocycles. The first-order valence-electron chi connectivity index (χ1n) is 15.6. The second kappa shape index (κ2) is 16.5. The minimum absolute atomic E-state index is 0.0920. The summed E-state index contributed by atoms with van der Waals surface area (Å²) in [6, 6.07) is 18.5. The maximum absolute atomic E-state index is 13.6. The molecule has 2 heterocycles. The van der Waals surface area contributed by atoms with Crippen LogP contribution in [0.4, 0.5) is 4.79 Å². The van der Waals surface area contributed by atoms with E-state index in [1.54, 1.807) is 35.3 Å². The summed E-state index contributed by atoms with van der Waals surface area (Å²) in [5, 5.41) is 13.3. The topological polar surface area (TPSA) is 96.4 Å². The quantitative estimate of drug-likeness (QED) is 0.178. The number of ether oxygens (including phenoxy) is 2. The highest BCUT2D eigenvalue weighted by molar-refractivity contribution is 7.10. The van der Waals surface area contributed by atoms with E-state index in [1.165, 1.54) is 19.3 Å². The Kier molecular flexibility index (Phi) is 12.5. The minimum Gasteiger partial charge on any atom is -0.447 e. The molecule has 3 aromatic rings. The van der Waals surface area contributed by atoms with Crippen molar-refractivity contribution in [3.8, 4) is 11.1 Å². The summed E-state index contributed by atoms with van der Waals surface area (Å²) in [6.07, 6.45) is 3.40. The van der Waals surface area contributed by atoms with E-state index in [0.29, 0.717) is 24.9 Å². The van der Waals surface area contributed by atoms with E-state index in [2.05, 4.69) is 18.4 Å². The first kappa shape index (κ1) is 33.4. The first-order chi connectivity index (χ1) is 21.3. The van der Waals surface area contributed by atoms with Crippen LogP contribution in [0, 0.1) is 0 Å². The lowest BCUT2D eigenvalue weighted by Gasteiger charge is -2.28. The Morgan fingerprint density at radius 2 is 1.77 bits per heavy atom. The van der Waals surface area contributed by atoms with Crippen LogP contribution in [0.3, 0.4) is 0 Å². The third-order valence-corrected chi connectivity index (χ3v) is 8.86. The average Bonchev–Trinajstić information content (AvgIpc) is 3.65. The lowest BCUT2D eigenvalue weighted by atomic mass is 9.99. The lowest BCUT2D eigenvalue weighted by molar-refractivity contribution is -0.149. The van der Waals surface area contributed by atoms with Gasteiger partial charge in [0, 0.05) is 25.0 Å². The van der Waals surface area contributed by atoms with Crippen LogP contribution in [0.15, 0.2) is 66.0 Å². The number of hydrogen-bond acceptors (Lipinski definition) is 7. The van der Waals surface area contributed by atoms with Crippen molar-refractivity contribution in [2.24, 2.45) is 0 Å². The zero-order valence-corrected chi connectivity index (χ0v) is 26.8. The van der Waals surface area contributed by atoms with Gasteiger partial charge in [0.15, 0.2) is 6.10 Å². The van der Waals surface area contributed by atoms with Crippen LogP contribution in [0.2, 0.25) is 0 Å². The Balaban J connectivity index is 1.38. The molecule has 9 heteroatoms. The molecule has 4 rings (SSSR count). The Morgan fingerprint density at radius 1 is 1.05 bits per heavy atom. The summed E-state index contributed by atoms with van der Waals surface area (Å²) in [6.45, 7) is 4.77. The predicted molar refractivity (Wildman–Crippen MR) is 172 cm³/mol. The number of hydrogen-bond donors (Lipinski definition) is 1. The van der Waals surface area contributed by atoms with Crippen LogP contribution < -0.4 is 0 Å². The number of amides is 3. The molecule has 1 N–H and O–H groups in total. The van der Waals surface area contributed by atoms with E-state index in [9.17, 15) is 19.5 Å². The van der Waals surface area contributed by atoms with Gasteiger partial charge in [-0.3, -0.25) is 9.59 Å². The van der Waals surface area contributed by atoms with Gasteiger partial charge in [-0.15, -0.1) is 11.3 Å². The normalized spacial score (nSPS) is 16.0. The zero-order valence-electron chi connectivity index (χ0n) is 25.9. The van der Waals surface area contributed by atoms with Crippen molar-refractivity contribution in [3.05, 3.63) is 82.0 Å². The number of rotatable bonds is 16. The molecular weight excluding hydrogens is 576 g/mol. The van der Waals surface area contributed by atoms with Crippen molar-refractivity contribution in [2.45, 2.75) is 83.6 Å². The van der Waals surface area contributed by atoms with Crippen LogP contribution in [-0.2, 0) is 32.0 Å². The van der Waals surface area contributed by atoms with Crippen LogP contribution in [0.25, 0.3) is 11.1 Å². The summed E-state index contributed by atoms with van der Waals surface area (Å²) in [5.41, 5.74) is 3.46. The fourth-order valence-corrected chi connectivity index (χ4v) is 6.38. The molecule has 8 nitrogen and oxygen atoms in total. The molecule has 0 bridgehead atoms. The van der Waals surface area contributed by atoms with Crippen molar-refractivity contribution >= 4 is 29.2 Å². The van der Waals surface area contributed by atoms with Gasteiger partial charge in [-0.1, -0.05) is 87.2 Å². The number of aliphatic hydroxyl groups is 1. The summed E-state index contributed by atoms with van der Waals surface area (Å²) in [5.74, 6) is -0.448. The molecule has 1 unspecified atom stereocenters. The molecule has 236 valence electrons. The number of benzene rings is 2. The Bertz CT molecular complexity index is 1360. The summed E-state index contributed by atoms with van der Waals surface area (Å²) < 4.78 is 10.9. The monoisotopic (exact) mass is 620 g/mol. The second-order valence-electron chi connectivity index (χ2n) is 11.3. The zero-order chi connectivity index (χ0) is 31.5. The second-order valence-corrected chi connectivity index (χ2v) is 12.3. The van der Waals surface area contributed by atoms with Crippen molar-refractivity contribution in [1.82, 2.24) is 9.80 Å². The summed E-state index contributed by atoms with van der Waals surface area (Å²) in [4.78, 5) is 42.7. The number of nitrogens with zero attached hydrogens (tertiary/aromatic N) is 2. The van der Waals surface area contributed by atoms with Gasteiger partial charge in [0.2, 0.25) is 5.91 Å². The van der Waals surface area contributed by atoms with Crippen LogP contribution in [0.1, 0.15) is 74.5 Å². The largest absolute Gasteiger partial charge is 0.447 e. The predicted octanol–water partition coefficient (Wildman–Crippen LogP) is 6.76. The number of cyclic esters (lactones) is 1. The van der Waals surface area contributed by atoms with E-state index >= 15 is 0 Å². The van der Waals surface area contributed by atoms with Crippen molar-refractivity contribution in [2.75, 3.05) is 20.3 Å². The molecule has 1 fully saturated rings. The molecule has 3 atom stereocenters. The van der Waals surface area contributed by atoms with Gasteiger partial charge in [0.05, 0.1) is 12.6 Å². The van der Waals surface area contributed by atoms with Gasteiger partial charge in [0.25, 0.3) is 5.91 Å². The van der Waals surface area contributed by atoms with Gasteiger partial charge in [-0.2, -0.15) is 0 Å². The van der Waals surface area contributed by atoms with Gasteiger partial charge in [-0.05, 0) is 53.5 Å². The highest BCUT2D eigenvalue weighted by Crippen LogP contribution is 2.30. The number of aliphatic hydroxyl groups excluding tert-OH is 1. The van der Waals surface area contributed by atoms with Gasteiger partial charge in [-0.25, -0.2) is 9.69 Å². The standard InChI is InChI=1S/C35H44N2O6S/c1-4-6-7-8-12-15-31(38)36(3)22-30-21-28(24-44-30)26-16-18-27(19-17-26)32(39)33(42-5-2)34(40)37-29(23-43-35(37)41)20-25-13-10-9-11-14-25/h9-11,13-14,16-19,21,24,29,32-33,39H,4-8,12,15,20,22-23H2,1-3H3/t29?,32-,33-/m0/s1. The van der Waals surface area contributed by atoms with Crippen molar-refractivity contribution < 1.29 is 29.0 Å². The highest BCUT2D eigenvalue weighted by atomic mass is 32.1. The first-order valence-corrected chi connectivity index (χ1v) is 16.4. The van der Waals surface area contributed by atoms with E-state index in [-0.39, 0.29) is 19.1 Å². The van der Waals surface area contributed by atoms with Gasteiger partial charge >= 0.3 is 6.09 Å². The number of carbonyl (C=O) groups is 3. The molecule has 44 heavy (non-hydrogen) atoms. The molecule has 0 saturated carbocycles. The van der Waals surface area contributed by atoms with E-state index in [0.717, 1.165) is 39.3 Å². The van der Waals surface area contributed by atoms with E-state index in [1.807, 2.05) is 49.5 Å². The Labute approximate surface area is 264 Å². The molecule has 3 amide bonds. The molecule has 2 aromatic carbocycles. The van der Waals surface area contributed by atoms with Gasteiger partial charge < -0.3 is 19.5 Å². The fourth-order valence-electron chi connectivity index (χ4n) is 5.44. The molecule has 0 aliphatic carbocycles. The number of thiophene rings is 1. The molecule has 0 spiro atoms. The fraction of sp³-hybridized carbons (Fsp3) is 0.457. The Morgan fingerprint density at radius 3 is 2.48 bits per heavy atom. The van der Waals surface area contributed by atoms with Crippen molar-refractivity contribution in [1.29, 1.82) is 0 Å².